The van der Waals surface area contributed by atoms with E-state index in [2.05, 4.69) is 10.1 Å². The van der Waals surface area contributed by atoms with E-state index in [-0.39, 0.29) is 11.2 Å². The average Bonchev–Trinajstić information content (AvgIpc) is 3.40. The second-order valence-corrected chi connectivity index (χ2v) is 8.39. The van der Waals surface area contributed by atoms with Gasteiger partial charge < -0.3 is 5.32 Å². The fraction of sp³-hybridized carbons (Fsp3) is 0.190. The van der Waals surface area contributed by atoms with E-state index in [1.54, 1.807) is 24.3 Å². The highest BCUT2D eigenvalue weighted by atomic mass is 32.1. The van der Waals surface area contributed by atoms with E-state index in [0.29, 0.717) is 33.2 Å². The van der Waals surface area contributed by atoms with Gasteiger partial charge in [0.1, 0.15) is 0 Å². The number of nitrogens with one attached hydrogen (secondary N) is 1. The van der Waals surface area contributed by atoms with Crippen LogP contribution in [0.4, 0.5) is 39.5 Å². The molecule has 5 nitrogen and oxygen atoms in total. The van der Waals surface area contributed by atoms with Crippen molar-refractivity contribution in [3.05, 3.63) is 76.6 Å². The fourth-order valence-corrected chi connectivity index (χ4v) is 4.21. The minimum absolute atomic E-state index is 0.102. The zero-order valence-corrected chi connectivity index (χ0v) is 18.2. The van der Waals surface area contributed by atoms with Crippen LogP contribution in [-0.4, -0.2) is 20.7 Å². The van der Waals surface area contributed by atoms with Crippen LogP contribution >= 0.6 is 11.3 Å². The van der Waals surface area contributed by atoms with E-state index in [0.717, 1.165) is 11.3 Å². The molecule has 190 valence electrons. The molecule has 0 aliphatic carbocycles. The molecule has 2 aromatic carbocycles. The van der Waals surface area contributed by atoms with Crippen molar-refractivity contribution >= 4 is 27.5 Å². The van der Waals surface area contributed by atoms with Crippen molar-refractivity contribution < 1.29 is 44.3 Å². The molecule has 0 aliphatic heterocycles. The number of aromatic nitrogens is 3. The molecule has 4 aromatic rings. The second kappa shape index (κ2) is 8.80. The molecule has 2 heterocycles. The van der Waals surface area contributed by atoms with Gasteiger partial charge in [-0.3, -0.25) is 4.79 Å². The lowest BCUT2D eigenvalue weighted by molar-refractivity contribution is -0.144. The summed E-state index contributed by atoms with van der Waals surface area (Å²) in [6, 6.07) is 7.07. The number of nitrogens with zero attached hydrogens (tertiary/aromatic N) is 3. The van der Waals surface area contributed by atoms with Gasteiger partial charge >= 0.3 is 18.5 Å². The van der Waals surface area contributed by atoms with Gasteiger partial charge in [0.05, 0.1) is 33.1 Å². The number of halogens is 9. The van der Waals surface area contributed by atoms with Crippen LogP contribution in [0.15, 0.2) is 48.7 Å². The van der Waals surface area contributed by atoms with E-state index in [4.69, 9.17) is 0 Å². The number of carbonyl (C=O) groups excluding carboxylic acids is 1. The van der Waals surface area contributed by atoms with E-state index in [9.17, 15) is 44.3 Å². The Labute approximate surface area is 199 Å². The Kier molecular flexibility index (Phi) is 6.22. The Hall–Kier alpha value is -3.62. The van der Waals surface area contributed by atoms with Crippen molar-refractivity contribution in [2.24, 2.45) is 0 Å². The van der Waals surface area contributed by atoms with E-state index in [1.165, 1.54) is 0 Å². The summed E-state index contributed by atoms with van der Waals surface area (Å²) < 4.78 is 121. The third-order valence-corrected chi connectivity index (χ3v) is 5.86. The van der Waals surface area contributed by atoms with Crippen molar-refractivity contribution in [2.45, 2.75) is 25.1 Å². The molecule has 0 spiro atoms. The third kappa shape index (κ3) is 5.15. The van der Waals surface area contributed by atoms with Crippen LogP contribution in [0.25, 0.3) is 15.3 Å². The molecule has 36 heavy (non-hydrogen) atoms. The first-order chi connectivity index (χ1) is 16.6. The standard InChI is InChI=1S/C21H11F9N4OS/c22-19(23,24)11-5-10(6-12(7-11)20(25,26)27)8-31-17(35)13-9-32-34(16(13)21(28,29)30)18-33-14-3-1-2-4-15(14)36-18/h1-7,9H,8H2,(H,31,35). The average molecular weight is 538 g/mol. The molecule has 1 N–H and O–H groups in total. The van der Waals surface area contributed by atoms with Gasteiger partial charge in [0, 0.05) is 6.54 Å². The molecule has 4 rings (SSSR count). The summed E-state index contributed by atoms with van der Waals surface area (Å²) in [5, 5.41) is 5.34. The van der Waals surface area contributed by atoms with Crippen LogP contribution in [0.3, 0.4) is 0 Å². The Bertz CT molecular complexity index is 1370. The molecule has 2 aromatic heterocycles. The molecule has 0 atom stereocenters. The van der Waals surface area contributed by atoms with Crippen LogP contribution < -0.4 is 5.32 Å². The van der Waals surface area contributed by atoms with Crippen LogP contribution in [0.5, 0.6) is 0 Å². The van der Waals surface area contributed by atoms with Gasteiger partial charge in [0.25, 0.3) is 5.91 Å². The number of benzene rings is 2. The van der Waals surface area contributed by atoms with Gasteiger partial charge in [-0.1, -0.05) is 23.5 Å². The first kappa shape index (κ1) is 25.5. The SMILES string of the molecule is O=C(NCc1cc(C(F)(F)F)cc(C(F)(F)F)c1)c1cnn(-c2nc3ccccc3s2)c1C(F)(F)F. The molecular formula is C21H11F9N4OS. The Morgan fingerprint density at radius 1 is 0.889 bits per heavy atom. The maximum Gasteiger partial charge on any atom is 0.434 e. The smallest absolute Gasteiger partial charge is 0.348 e. The van der Waals surface area contributed by atoms with Crippen molar-refractivity contribution in [1.29, 1.82) is 0 Å². The molecule has 0 fully saturated rings. The van der Waals surface area contributed by atoms with Gasteiger partial charge in [-0.25, -0.2) is 9.67 Å². The zero-order valence-electron chi connectivity index (χ0n) is 17.4. The fourth-order valence-electron chi connectivity index (χ4n) is 3.28. The summed E-state index contributed by atoms with van der Waals surface area (Å²) in [4.78, 5) is 16.6. The maximum absolute atomic E-state index is 13.9. The zero-order chi connectivity index (χ0) is 26.5. The highest BCUT2D eigenvalue weighted by Crippen LogP contribution is 2.37. The third-order valence-electron chi connectivity index (χ3n) is 4.85. The number of fused-ring (bicyclic) bond motifs is 1. The lowest BCUT2D eigenvalue weighted by Gasteiger charge is -2.15. The topological polar surface area (TPSA) is 59.8 Å². The first-order valence-corrected chi connectivity index (χ1v) is 10.5. The minimum Gasteiger partial charge on any atom is -0.348 e. The number of thiazole rings is 1. The largest absolute Gasteiger partial charge is 0.434 e. The van der Waals surface area contributed by atoms with Gasteiger partial charge in [0.15, 0.2) is 5.69 Å². The first-order valence-electron chi connectivity index (χ1n) is 9.72. The normalized spacial score (nSPS) is 12.8. The van der Waals surface area contributed by atoms with Gasteiger partial charge in [-0.15, -0.1) is 0 Å². The number of hydrogen-bond donors (Lipinski definition) is 1. The molecule has 15 heteroatoms. The molecular weight excluding hydrogens is 527 g/mol. The summed E-state index contributed by atoms with van der Waals surface area (Å²) in [6.07, 6.45) is -14.7. The molecule has 0 saturated carbocycles. The van der Waals surface area contributed by atoms with Gasteiger partial charge in [-0.2, -0.15) is 44.6 Å². The van der Waals surface area contributed by atoms with Crippen LogP contribution in [0.1, 0.15) is 32.7 Å². The van der Waals surface area contributed by atoms with E-state index >= 15 is 0 Å². The summed E-state index contributed by atoms with van der Waals surface area (Å²) in [6.45, 7) is -0.907. The molecule has 0 aliphatic rings. The summed E-state index contributed by atoms with van der Waals surface area (Å²) in [5.74, 6) is -1.40. The van der Waals surface area contributed by atoms with Crippen LogP contribution in [0.2, 0.25) is 0 Å². The number of rotatable bonds is 4. The van der Waals surface area contributed by atoms with Crippen molar-refractivity contribution in [2.75, 3.05) is 0 Å². The number of alkyl halides is 9. The molecule has 0 radical (unpaired) electrons. The Balaban J connectivity index is 1.66. The lowest BCUT2D eigenvalue weighted by atomic mass is 10.0. The van der Waals surface area contributed by atoms with E-state index in [1.807, 2.05) is 5.32 Å². The lowest BCUT2D eigenvalue weighted by Crippen LogP contribution is -2.26. The predicted molar refractivity (Wildman–Crippen MR) is 109 cm³/mol. The molecule has 0 unspecified atom stereocenters. The van der Waals surface area contributed by atoms with Gasteiger partial charge in [0.2, 0.25) is 5.13 Å². The monoisotopic (exact) mass is 538 g/mol. The molecule has 1 amide bonds. The Morgan fingerprint density at radius 3 is 2.06 bits per heavy atom. The Morgan fingerprint density at radius 2 is 1.50 bits per heavy atom. The summed E-state index contributed by atoms with van der Waals surface area (Å²) in [5.41, 5.74) is -5.96. The summed E-state index contributed by atoms with van der Waals surface area (Å²) >= 11 is 0.868. The number of para-hydroxylation sites is 1. The minimum atomic E-state index is -5.12. The predicted octanol–water partition coefficient (Wildman–Crippen LogP) is 6.47. The van der Waals surface area contributed by atoms with Crippen molar-refractivity contribution in [1.82, 2.24) is 20.1 Å². The van der Waals surface area contributed by atoms with E-state index < -0.39 is 58.9 Å². The number of hydrogen-bond acceptors (Lipinski definition) is 4. The number of carbonyl (C=O) groups is 1. The van der Waals surface area contributed by atoms with Crippen LogP contribution in [-0.2, 0) is 25.1 Å². The highest BCUT2D eigenvalue weighted by molar-refractivity contribution is 7.20. The van der Waals surface area contributed by atoms with Crippen LogP contribution in [0, 0.1) is 0 Å². The molecule has 0 saturated heterocycles. The second-order valence-electron chi connectivity index (χ2n) is 7.38. The maximum atomic E-state index is 13.9. The summed E-state index contributed by atoms with van der Waals surface area (Å²) in [7, 11) is 0. The molecule has 0 bridgehead atoms. The van der Waals surface area contributed by atoms with Crippen molar-refractivity contribution in [3.8, 4) is 5.13 Å². The highest BCUT2D eigenvalue weighted by Gasteiger charge is 2.41. The quantitative estimate of drug-likeness (QED) is 0.303. The van der Waals surface area contributed by atoms with Gasteiger partial charge in [-0.05, 0) is 35.9 Å². The van der Waals surface area contributed by atoms with Crippen molar-refractivity contribution in [3.63, 3.8) is 0 Å². The number of amides is 1.